The van der Waals surface area contributed by atoms with Gasteiger partial charge >= 0.3 is 0 Å². The average molecular weight is 366 g/mol. The molecule has 6 heteroatoms. The van der Waals surface area contributed by atoms with Gasteiger partial charge in [0.25, 0.3) is 0 Å². The van der Waals surface area contributed by atoms with E-state index in [9.17, 15) is 0 Å². The van der Waals surface area contributed by atoms with E-state index in [1.165, 1.54) is 5.56 Å². The number of hydrogen-bond donors (Lipinski definition) is 2. The van der Waals surface area contributed by atoms with Crippen LogP contribution in [0.3, 0.4) is 0 Å². The molecule has 26 heavy (non-hydrogen) atoms. The molecule has 2 N–H and O–H groups in total. The van der Waals surface area contributed by atoms with Crippen LogP contribution < -0.4 is 15.4 Å². The van der Waals surface area contributed by atoms with E-state index < -0.39 is 0 Å². The molecule has 0 aliphatic rings. The van der Waals surface area contributed by atoms with Gasteiger partial charge in [-0.3, -0.25) is 4.99 Å². The zero-order valence-electron chi connectivity index (χ0n) is 16.9. The number of rotatable bonds is 12. The Kier molecular flexibility index (Phi) is 11.5. The lowest BCUT2D eigenvalue weighted by atomic mass is 10.1. The van der Waals surface area contributed by atoms with Crippen molar-refractivity contribution in [2.45, 2.75) is 46.3 Å². The summed E-state index contributed by atoms with van der Waals surface area (Å²) in [6, 6.07) is 6.28. The van der Waals surface area contributed by atoms with Crippen LogP contribution in [-0.4, -0.2) is 52.6 Å². The second-order valence-electron chi connectivity index (χ2n) is 6.44. The topological polar surface area (TPSA) is 64.1 Å². The second-order valence-corrected chi connectivity index (χ2v) is 6.44. The molecule has 0 amide bonds. The highest BCUT2D eigenvalue weighted by Crippen LogP contribution is 2.21. The number of hydrogen-bond acceptors (Lipinski definition) is 4. The molecule has 6 nitrogen and oxygen atoms in total. The van der Waals surface area contributed by atoms with Crippen molar-refractivity contribution in [2.75, 3.05) is 40.5 Å². The Balaban J connectivity index is 2.34. The third kappa shape index (κ3) is 9.63. The molecule has 0 aromatic heterocycles. The van der Waals surface area contributed by atoms with E-state index in [0.717, 1.165) is 43.3 Å². The monoisotopic (exact) mass is 365 g/mol. The fraction of sp³-hybridized carbons (Fsp3) is 0.650. The maximum atomic E-state index is 5.92. The summed E-state index contributed by atoms with van der Waals surface area (Å²) in [6.07, 6.45) is 2.19. The third-order valence-electron chi connectivity index (χ3n) is 3.69. The van der Waals surface area contributed by atoms with Crippen molar-refractivity contribution in [3.8, 4) is 5.75 Å². The predicted octanol–water partition coefficient (Wildman–Crippen LogP) is 2.89. The lowest BCUT2D eigenvalue weighted by Crippen LogP contribution is -2.37. The van der Waals surface area contributed by atoms with Crippen molar-refractivity contribution in [1.29, 1.82) is 0 Å². The quantitative estimate of drug-likeness (QED) is 0.339. The third-order valence-corrected chi connectivity index (χ3v) is 3.69. The number of ether oxygens (including phenoxy) is 3. The predicted molar refractivity (Wildman–Crippen MR) is 107 cm³/mol. The molecular formula is C20H35N3O3. The van der Waals surface area contributed by atoms with Gasteiger partial charge in [0, 0.05) is 39.4 Å². The molecule has 0 bridgehead atoms. The molecule has 0 heterocycles. The van der Waals surface area contributed by atoms with E-state index >= 15 is 0 Å². The first-order valence-corrected chi connectivity index (χ1v) is 9.34. The van der Waals surface area contributed by atoms with Gasteiger partial charge < -0.3 is 24.8 Å². The van der Waals surface area contributed by atoms with Crippen LogP contribution in [-0.2, 0) is 16.0 Å². The number of nitrogens with zero attached hydrogens (tertiary/aromatic N) is 1. The number of methoxy groups -OCH3 is 1. The first-order chi connectivity index (χ1) is 12.6. The molecule has 0 spiro atoms. The van der Waals surface area contributed by atoms with Crippen LogP contribution in [0.1, 0.15) is 37.8 Å². The van der Waals surface area contributed by atoms with Gasteiger partial charge in [-0.2, -0.15) is 0 Å². The van der Waals surface area contributed by atoms with Crippen LogP contribution >= 0.6 is 0 Å². The zero-order valence-corrected chi connectivity index (χ0v) is 16.9. The van der Waals surface area contributed by atoms with Crippen molar-refractivity contribution >= 4 is 5.96 Å². The minimum Gasteiger partial charge on any atom is -0.491 e. The molecule has 0 fully saturated rings. The van der Waals surface area contributed by atoms with Crippen LogP contribution in [0.5, 0.6) is 5.75 Å². The Morgan fingerprint density at radius 2 is 1.92 bits per heavy atom. The van der Waals surface area contributed by atoms with Gasteiger partial charge in [-0.25, -0.2) is 0 Å². The van der Waals surface area contributed by atoms with Gasteiger partial charge in [0.15, 0.2) is 5.96 Å². The van der Waals surface area contributed by atoms with E-state index in [4.69, 9.17) is 14.2 Å². The molecule has 0 saturated carbocycles. The molecule has 148 valence electrons. The summed E-state index contributed by atoms with van der Waals surface area (Å²) in [6.45, 7) is 9.75. The van der Waals surface area contributed by atoms with E-state index in [-0.39, 0.29) is 6.10 Å². The van der Waals surface area contributed by atoms with E-state index in [2.05, 4.69) is 40.7 Å². The number of benzene rings is 1. The molecule has 0 unspecified atom stereocenters. The molecule has 1 aromatic carbocycles. The first kappa shape index (κ1) is 22.3. The minimum atomic E-state index is 0.152. The fourth-order valence-electron chi connectivity index (χ4n) is 2.35. The maximum absolute atomic E-state index is 5.92. The summed E-state index contributed by atoms with van der Waals surface area (Å²) in [5.74, 6) is 1.72. The molecule has 0 saturated heterocycles. The average Bonchev–Trinajstić information content (AvgIpc) is 2.60. The fourth-order valence-corrected chi connectivity index (χ4v) is 2.35. The van der Waals surface area contributed by atoms with E-state index in [1.54, 1.807) is 14.2 Å². The summed E-state index contributed by atoms with van der Waals surface area (Å²) in [7, 11) is 3.46. The number of aryl methyl sites for hydroxylation is 1. The van der Waals surface area contributed by atoms with Crippen molar-refractivity contribution < 1.29 is 14.2 Å². The summed E-state index contributed by atoms with van der Waals surface area (Å²) in [4.78, 5) is 4.28. The maximum Gasteiger partial charge on any atom is 0.191 e. The van der Waals surface area contributed by atoms with Crippen LogP contribution in [0.2, 0.25) is 0 Å². The Morgan fingerprint density at radius 1 is 1.12 bits per heavy atom. The molecule has 0 atom stereocenters. The highest BCUT2D eigenvalue weighted by Gasteiger charge is 2.07. The summed E-state index contributed by atoms with van der Waals surface area (Å²) in [5, 5.41) is 6.68. The lowest BCUT2D eigenvalue weighted by molar-refractivity contribution is 0.0689. The summed E-state index contributed by atoms with van der Waals surface area (Å²) < 4.78 is 16.3. The second kappa shape index (κ2) is 13.4. The highest BCUT2D eigenvalue weighted by molar-refractivity contribution is 5.79. The Hall–Kier alpha value is -1.79. The largest absolute Gasteiger partial charge is 0.491 e. The summed E-state index contributed by atoms with van der Waals surface area (Å²) in [5.41, 5.74) is 2.32. The van der Waals surface area contributed by atoms with Crippen LogP contribution in [0, 0.1) is 6.92 Å². The standard InChI is InChI=1S/C20H35N3O3/c1-16(2)26-19-14-17(3)8-9-18(19)15-23-20(21-4)22-10-6-7-11-25-13-12-24-5/h8-9,14,16H,6-7,10-13,15H2,1-5H3,(H2,21,22,23). The van der Waals surface area contributed by atoms with Crippen LogP contribution in [0.25, 0.3) is 0 Å². The van der Waals surface area contributed by atoms with Crippen molar-refractivity contribution in [3.63, 3.8) is 0 Å². The lowest BCUT2D eigenvalue weighted by Gasteiger charge is -2.17. The number of aliphatic imine (C=N–C) groups is 1. The van der Waals surface area contributed by atoms with E-state index in [0.29, 0.717) is 19.8 Å². The first-order valence-electron chi connectivity index (χ1n) is 9.34. The Labute approximate surface area is 158 Å². The molecule has 0 radical (unpaired) electrons. The highest BCUT2D eigenvalue weighted by atomic mass is 16.5. The smallest absolute Gasteiger partial charge is 0.191 e. The molecule has 0 aliphatic heterocycles. The number of nitrogens with one attached hydrogen (secondary N) is 2. The summed E-state index contributed by atoms with van der Waals surface area (Å²) >= 11 is 0. The van der Waals surface area contributed by atoms with Gasteiger partial charge in [0.1, 0.15) is 5.75 Å². The van der Waals surface area contributed by atoms with Gasteiger partial charge in [0.05, 0.1) is 19.3 Å². The van der Waals surface area contributed by atoms with Crippen molar-refractivity contribution in [3.05, 3.63) is 29.3 Å². The Morgan fingerprint density at radius 3 is 2.62 bits per heavy atom. The minimum absolute atomic E-state index is 0.152. The number of guanidine groups is 1. The van der Waals surface area contributed by atoms with Crippen LogP contribution in [0.15, 0.2) is 23.2 Å². The van der Waals surface area contributed by atoms with Gasteiger partial charge in [-0.05, 0) is 45.2 Å². The molecule has 0 aliphatic carbocycles. The number of unbranched alkanes of at least 4 members (excludes halogenated alkanes) is 1. The molecule has 1 aromatic rings. The molecular weight excluding hydrogens is 330 g/mol. The van der Waals surface area contributed by atoms with Gasteiger partial charge in [-0.15, -0.1) is 0 Å². The Bertz CT molecular complexity index is 533. The normalized spacial score (nSPS) is 11.7. The molecule has 1 rings (SSSR count). The van der Waals surface area contributed by atoms with Gasteiger partial charge in [-0.1, -0.05) is 12.1 Å². The van der Waals surface area contributed by atoms with Gasteiger partial charge in [0.2, 0.25) is 0 Å². The van der Waals surface area contributed by atoms with Crippen LogP contribution in [0.4, 0.5) is 0 Å². The van der Waals surface area contributed by atoms with Crippen molar-refractivity contribution in [1.82, 2.24) is 10.6 Å². The van der Waals surface area contributed by atoms with E-state index in [1.807, 2.05) is 13.8 Å². The SMILES string of the molecule is CN=C(NCCCCOCCOC)NCc1ccc(C)cc1OC(C)C. The van der Waals surface area contributed by atoms with Crippen molar-refractivity contribution in [2.24, 2.45) is 4.99 Å². The zero-order chi connectivity index (χ0) is 19.2.